The number of ether oxygens (including phenoxy) is 1. The van der Waals surface area contributed by atoms with Crippen LogP contribution in [0.4, 0.5) is 0 Å². The Kier molecular flexibility index (Phi) is 7.11. The number of nitrogens with one attached hydrogen (secondary N) is 2. The molecule has 2 aromatic rings. The van der Waals surface area contributed by atoms with Crippen molar-refractivity contribution in [1.82, 2.24) is 10.6 Å². The zero-order chi connectivity index (χ0) is 16.8. The summed E-state index contributed by atoms with van der Waals surface area (Å²) in [5, 5.41) is 6.85. The third-order valence-electron chi connectivity index (χ3n) is 4.65. The van der Waals surface area contributed by atoms with Crippen LogP contribution >= 0.6 is 24.0 Å². The van der Waals surface area contributed by atoms with E-state index in [0.717, 1.165) is 24.8 Å². The van der Waals surface area contributed by atoms with E-state index in [2.05, 4.69) is 52.0 Å². The van der Waals surface area contributed by atoms with E-state index in [1.165, 1.54) is 24.0 Å². The molecule has 0 aliphatic heterocycles. The molecular formula is C20H26IN3O. The lowest BCUT2D eigenvalue weighted by molar-refractivity contribution is 0.414. The fourth-order valence-corrected chi connectivity index (χ4v) is 2.95. The van der Waals surface area contributed by atoms with Crippen molar-refractivity contribution in [2.24, 2.45) is 4.99 Å². The monoisotopic (exact) mass is 451 g/mol. The van der Waals surface area contributed by atoms with Crippen molar-refractivity contribution in [2.75, 3.05) is 20.7 Å². The molecule has 1 saturated carbocycles. The van der Waals surface area contributed by atoms with Gasteiger partial charge in [0.05, 0.1) is 7.11 Å². The maximum absolute atomic E-state index is 5.26. The van der Waals surface area contributed by atoms with Crippen LogP contribution in [0.25, 0.3) is 0 Å². The molecule has 4 nitrogen and oxygen atoms in total. The highest BCUT2D eigenvalue weighted by atomic mass is 127. The molecule has 1 aliphatic rings. The third kappa shape index (κ3) is 5.11. The topological polar surface area (TPSA) is 45.7 Å². The predicted octanol–water partition coefficient (Wildman–Crippen LogP) is 3.71. The van der Waals surface area contributed by atoms with E-state index in [1.54, 1.807) is 7.11 Å². The number of benzene rings is 2. The minimum Gasteiger partial charge on any atom is -0.497 e. The number of methoxy groups -OCH3 is 1. The zero-order valence-electron chi connectivity index (χ0n) is 14.8. The van der Waals surface area contributed by atoms with Gasteiger partial charge < -0.3 is 15.4 Å². The fourth-order valence-electron chi connectivity index (χ4n) is 2.95. The summed E-state index contributed by atoms with van der Waals surface area (Å²) in [6.45, 7) is 1.63. The van der Waals surface area contributed by atoms with Crippen molar-refractivity contribution in [3.8, 4) is 5.75 Å². The van der Waals surface area contributed by atoms with Crippen LogP contribution in [0.2, 0.25) is 0 Å². The summed E-state index contributed by atoms with van der Waals surface area (Å²) in [4.78, 5) is 4.33. The van der Waals surface area contributed by atoms with Gasteiger partial charge in [0, 0.05) is 25.6 Å². The SMILES string of the molecule is CN=C(NCc1cccc(OC)c1)NCC1(c2ccccc2)CC1.I. The van der Waals surface area contributed by atoms with Crippen LogP contribution in [0.15, 0.2) is 59.6 Å². The average molecular weight is 451 g/mol. The van der Waals surface area contributed by atoms with Crippen molar-refractivity contribution >= 4 is 29.9 Å². The maximum Gasteiger partial charge on any atom is 0.191 e. The Morgan fingerprint density at radius 1 is 1.08 bits per heavy atom. The Labute approximate surface area is 167 Å². The fraction of sp³-hybridized carbons (Fsp3) is 0.350. The van der Waals surface area contributed by atoms with E-state index in [0.29, 0.717) is 0 Å². The van der Waals surface area contributed by atoms with Gasteiger partial charge in [0.1, 0.15) is 5.75 Å². The van der Waals surface area contributed by atoms with Gasteiger partial charge in [-0.05, 0) is 36.1 Å². The number of guanidine groups is 1. The summed E-state index contributed by atoms with van der Waals surface area (Å²) in [6.07, 6.45) is 2.47. The lowest BCUT2D eigenvalue weighted by Gasteiger charge is -2.19. The number of halogens is 1. The van der Waals surface area contributed by atoms with Gasteiger partial charge in [-0.15, -0.1) is 24.0 Å². The molecule has 134 valence electrons. The van der Waals surface area contributed by atoms with Crippen LogP contribution in [-0.4, -0.2) is 26.7 Å². The molecule has 5 heteroatoms. The van der Waals surface area contributed by atoms with Gasteiger partial charge in [0.25, 0.3) is 0 Å². The first-order valence-electron chi connectivity index (χ1n) is 8.39. The molecule has 0 aromatic heterocycles. The predicted molar refractivity (Wildman–Crippen MR) is 114 cm³/mol. The Morgan fingerprint density at radius 3 is 2.48 bits per heavy atom. The third-order valence-corrected chi connectivity index (χ3v) is 4.65. The van der Waals surface area contributed by atoms with Gasteiger partial charge in [-0.3, -0.25) is 4.99 Å². The summed E-state index contributed by atoms with van der Waals surface area (Å²) in [7, 11) is 3.49. The van der Waals surface area contributed by atoms with Gasteiger partial charge in [-0.1, -0.05) is 42.5 Å². The van der Waals surface area contributed by atoms with Gasteiger partial charge >= 0.3 is 0 Å². The molecule has 2 N–H and O–H groups in total. The molecule has 1 aliphatic carbocycles. The second kappa shape index (κ2) is 9.08. The molecule has 25 heavy (non-hydrogen) atoms. The lowest BCUT2D eigenvalue weighted by atomic mass is 9.96. The van der Waals surface area contributed by atoms with Crippen molar-refractivity contribution in [3.05, 3.63) is 65.7 Å². The second-order valence-corrected chi connectivity index (χ2v) is 6.28. The number of rotatable bonds is 6. The van der Waals surface area contributed by atoms with E-state index in [-0.39, 0.29) is 29.4 Å². The standard InChI is InChI=1S/C20H25N3O.HI/c1-21-19(22-14-16-7-6-10-18(13-16)24-2)23-15-20(11-12-20)17-8-4-3-5-9-17;/h3-10,13H,11-12,14-15H2,1-2H3,(H2,21,22,23);1H. The quantitative estimate of drug-likeness (QED) is 0.400. The highest BCUT2D eigenvalue weighted by molar-refractivity contribution is 14.0. The first-order valence-corrected chi connectivity index (χ1v) is 8.39. The molecule has 1 fully saturated rings. The number of hydrogen-bond donors (Lipinski definition) is 2. The Balaban J connectivity index is 0.00000225. The summed E-state index contributed by atoms with van der Waals surface area (Å²) >= 11 is 0. The first-order chi connectivity index (χ1) is 11.8. The van der Waals surface area contributed by atoms with Crippen LogP contribution in [0, 0.1) is 0 Å². The highest BCUT2D eigenvalue weighted by Crippen LogP contribution is 2.47. The Bertz CT molecular complexity index is 699. The summed E-state index contributed by atoms with van der Waals surface area (Å²) in [5.41, 5.74) is 2.86. The van der Waals surface area contributed by atoms with Gasteiger partial charge in [0.15, 0.2) is 5.96 Å². The van der Waals surface area contributed by atoms with Gasteiger partial charge in [-0.25, -0.2) is 0 Å². The Hall–Kier alpha value is -1.76. The van der Waals surface area contributed by atoms with Crippen LogP contribution < -0.4 is 15.4 Å². The summed E-state index contributed by atoms with van der Waals surface area (Å²) in [6, 6.07) is 18.8. The molecule has 0 amide bonds. The maximum atomic E-state index is 5.26. The zero-order valence-corrected chi connectivity index (χ0v) is 17.1. The van der Waals surface area contributed by atoms with E-state index >= 15 is 0 Å². The number of nitrogens with zero attached hydrogens (tertiary/aromatic N) is 1. The van der Waals surface area contributed by atoms with Crippen molar-refractivity contribution in [2.45, 2.75) is 24.8 Å². The molecular weight excluding hydrogens is 425 g/mol. The van der Waals surface area contributed by atoms with E-state index in [1.807, 2.05) is 25.2 Å². The molecule has 0 radical (unpaired) electrons. The van der Waals surface area contributed by atoms with Gasteiger partial charge in [-0.2, -0.15) is 0 Å². The van der Waals surface area contributed by atoms with Crippen LogP contribution in [0.1, 0.15) is 24.0 Å². The van der Waals surface area contributed by atoms with Crippen LogP contribution in [0.5, 0.6) is 5.75 Å². The number of hydrogen-bond acceptors (Lipinski definition) is 2. The number of aliphatic imine (C=N–C) groups is 1. The highest BCUT2D eigenvalue weighted by Gasteiger charge is 2.43. The lowest BCUT2D eigenvalue weighted by Crippen LogP contribution is -2.40. The van der Waals surface area contributed by atoms with E-state index < -0.39 is 0 Å². The molecule has 3 rings (SSSR count). The van der Waals surface area contributed by atoms with Crippen molar-refractivity contribution in [1.29, 1.82) is 0 Å². The molecule has 2 aromatic carbocycles. The van der Waals surface area contributed by atoms with Crippen LogP contribution in [-0.2, 0) is 12.0 Å². The molecule has 0 saturated heterocycles. The second-order valence-electron chi connectivity index (χ2n) is 6.28. The van der Waals surface area contributed by atoms with Crippen LogP contribution in [0.3, 0.4) is 0 Å². The molecule has 0 heterocycles. The summed E-state index contributed by atoms with van der Waals surface area (Å²) < 4.78 is 5.26. The normalized spacial score (nSPS) is 15.0. The van der Waals surface area contributed by atoms with Crippen molar-refractivity contribution < 1.29 is 4.74 Å². The largest absolute Gasteiger partial charge is 0.497 e. The molecule has 0 bridgehead atoms. The summed E-state index contributed by atoms with van der Waals surface area (Å²) in [5.74, 6) is 1.71. The average Bonchev–Trinajstić information content (AvgIpc) is 3.44. The molecule has 0 atom stereocenters. The minimum absolute atomic E-state index is 0. The first kappa shape index (κ1) is 19.6. The van der Waals surface area contributed by atoms with E-state index in [4.69, 9.17) is 4.74 Å². The van der Waals surface area contributed by atoms with Crippen molar-refractivity contribution in [3.63, 3.8) is 0 Å². The minimum atomic E-state index is 0. The smallest absolute Gasteiger partial charge is 0.191 e. The van der Waals surface area contributed by atoms with Gasteiger partial charge in [0.2, 0.25) is 0 Å². The van der Waals surface area contributed by atoms with E-state index in [9.17, 15) is 0 Å². The Morgan fingerprint density at radius 2 is 1.84 bits per heavy atom. The molecule has 0 unspecified atom stereocenters. The molecule has 0 spiro atoms.